The minimum absolute atomic E-state index is 0.0713. The van der Waals surface area contributed by atoms with Crippen LogP contribution in [-0.4, -0.2) is 6.61 Å². The molecule has 0 spiro atoms. The highest BCUT2D eigenvalue weighted by Gasteiger charge is 2.28. The van der Waals surface area contributed by atoms with Crippen molar-refractivity contribution in [1.82, 2.24) is 0 Å². The van der Waals surface area contributed by atoms with Crippen LogP contribution < -0.4 is 4.74 Å². The summed E-state index contributed by atoms with van der Waals surface area (Å²) in [5, 5.41) is 0. The standard InChI is InChI=1S/C20H26F2O/c1-2-3-4-6-14-8-10-15(11-9-14)17-13-16-7-5-12-23-20(16)19(22)18(17)21/h5,7,13-15H,2-4,6,8-12H2,1H3. The van der Waals surface area contributed by atoms with Crippen molar-refractivity contribution in [3.63, 3.8) is 0 Å². The van der Waals surface area contributed by atoms with Gasteiger partial charge >= 0.3 is 0 Å². The second kappa shape index (κ2) is 7.46. The van der Waals surface area contributed by atoms with Gasteiger partial charge in [-0.05, 0) is 55.2 Å². The van der Waals surface area contributed by atoms with Gasteiger partial charge in [-0.2, -0.15) is 4.39 Å². The summed E-state index contributed by atoms with van der Waals surface area (Å²) < 4.78 is 33.9. The smallest absolute Gasteiger partial charge is 0.201 e. The third-order valence-electron chi connectivity index (χ3n) is 5.34. The van der Waals surface area contributed by atoms with Crippen LogP contribution in [0.25, 0.3) is 6.08 Å². The van der Waals surface area contributed by atoms with E-state index in [0.29, 0.717) is 17.7 Å². The van der Waals surface area contributed by atoms with Crippen molar-refractivity contribution in [1.29, 1.82) is 0 Å². The van der Waals surface area contributed by atoms with Crippen molar-refractivity contribution in [3.8, 4) is 5.75 Å². The number of halogens is 2. The molecule has 0 saturated heterocycles. The fourth-order valence-electron chi connectivity index (χ4n) is 3.97. The van der Waals surface area contributed by atoms with Crippen molar-refractivity contribution in [2.45, 2.75) is 64.2 Å². The van der Waals surface area contributed by atoms with Gasteiger partial charge in [0.15, 0.2) is 11.6 Å². The molecule has 1 nitrogen and oxygen atoms in total. The largest absolute Gasteiger partial charge is 0.486 e. The van der Waals surface area contributed by atoms with Gasteiger partial charge in [0, 0.05) is 5.56 Å². The SMILES string of the molecule is CCCCCC1CCC(c2cc3c(c(F)c2F)OCC=C3)CC1. The number of ether oxygens (including phenoxy) is 1. The van der Waals surface area contributed by atoms with Crippen LogP contribution in [0.3, 0.4) is 0 Å². The molecule has 1 heterocycles. The third-order valence-corrected chi connectivity index (χ3v) is 5.34. The molecule has 2 aliphatic rings. The van der Waals surface area contributed by atoms with Gasteiger partial charge in [-0.1, -0.05) is 38.7 Å². The van der Waals surface area contributed by atoms with E-state index in [2.05, 4.69) is 6.92 Å². The topological polar surface area (TPSA) is 9.23 Å². The molecule has 3 heteroatoms. The molecule has 0 bridgehead atoms. The number of fused-ring (bicyclic) bond motifs is 1. The molecular weight excluding hydrogens is 294 g/mol. The minimum atomic E-state index is -0.813. The van der Waals surface area contributed by atoms with E-state index in [1.54, 1.807) is 6.07 Å². The summed E-state index contributed by atoms with van der Waals surface area (Å²) in [7, 11) is 0. The number of hydrogen-bond acceptors (Lipinski definition) is 1. The zero-order chi connectivity index (χ0) is 16.2. The van der Waals surface area contributed by atoms with E-state index >= 15 is 0 Å². The summed E-state index contributed by atoms with van der Waals surface area (Å²) in [4.78, 5) is 0. The lowest BCUT2D eigenvalue weighted by atomic mass is 9.76. The van der Waals surface area contributed by atoms with Crippen LogP contribution in [0.15, 0.2) is 12.1 Å². The summed E-state index contributed by atoms with van der Waals surface area (Å²) >= 11 is 0. The van der Waals surface area contributed by atoms with Crippen LogP contribution in [0, 0.1) is 17.6 Å². The fraction of sp³-hybridized carbons (Fsp3) is 0.600. The highest BCUT2D eigenvalue weighted by molar-refractivity contribution is 5.61. The molecule has 0 unspecified atom stereocenters. The first kappa shape index (κ1) is 16.5. The Bertz CT molecular complexity index is 571. The molecule has 0 amide bonds. The molecule has 0 aromatic heterocycles. The van der Waals surface area contributed by atoms with Gasteiger partial charge in [-0.3, -0.25) is 0 Å². The van der Waals surface area contributed by atoms with E-state index in [-0.39, 0.29) is 11.7 Å². The molecule has 1 fully saturated rings. The second-order valence-electron chi connectivity index (χ2n) is 6.94. The average molecular weight is 320 g/mol. The Morgan fingerprint density at radius 1 is 1.09 bits per heavy atom. The van der Waals surface area contributed by atoms with Gasteiger partial charge < -0.3 is 4.74 Å². The minimum Gasteiger partial charge on any atom is -0.486 e. The molecule has 23 heavy (non-hydrogen) atoms. The Morgan fingerprint density at radius 2 is 1.87 bits per heavy atom. The second-order valence-corrected chi connectivity index (χ2v) is 6.94. The van der Waals surface area contributed by atoms with Crippen LogP contribution in [0.4, 0.5) is 8.78 Å². The molecular formula is C20H26F2O. The van der Waals surface area contributed by atoms with E-state index < -0.39 is 11.6 Å². The van der Waals surface area contributed by atoms with Crippen LogP contribution in [-0.2, 0) is 0 Å². The van der Waals surface area contributed by atoms with E-state index in [4.69, 9.17) is 4.74 Å². The first-order chi connectivity index (χ1) is 11.2. The van der Waals surface area contributed by atoms with Crippen molar-refractivity contribution >= 4 is 6.08 Å². The summed E-state index contributed by atoms with van der Waals surface area (Å²) in [6.07, 6.45) is 13.0. The highest BCUT2D eigenvalue weighted by atomic mass is 19.2. The van der Waals surface area contributed by atoms with Crippen molar-refractivity contribution in [2.24, 2.45) is 5.92 Å². The van der Waals surface area contributed by atoms with Crippen LogP contribution >= 0.6 is 0 Å². The molecule has 1 aliphatic heterocycles. The molecule has 1 aromatic carbocycles. The zero-order valence-corrected chi connectivity index (χ0v) is 13.9. The third kappa shape index (κ3) is 3.59. The quantitative estimate of drug-likeness (QED) is 0.585. The molecule has 1 saturated carbocycles. The molecule has 3 rings (SSSR count). The average Bonchev–Trinajstić information content (AvgIpc) is 2.59. The van der Waals surface area contributed by atoms with Crippen LogP contribution in [0.2, 0.25) is 0 Å². The lowest BCUT2D eigenvalue weighted by Gasteiger charge is -2.29. The predicted molar refractivity (Wildman–Crippen MR) is 89.7 cm³/mol. The summed E-state index contributed by atoms with van der Waals surface area (Å²) in [6, 6.07) is 1.80. The van der Waals surface area contributed by atoms with Gasteiger partial charge in [-0.25, -0.2) is 4.39 Å². The maximum atomic E-state index is 14.4. The highest BCUT2D eigenvalue weighted by Crippen LogP contribution is 2.41. The molecule has 0 radical (unpaired) electrons. The Balaban J connectivity index is 1.69. The predicted octanol–water partition coefficient (Wildman–Crippen LogP) is 6.22. The Kier molecular flexibility index (Phi) is 5.34. The van der Waals surface area contributed by atoms with Gasteiger partial charge in [0.2, 0.25) is 5.82 Å². The Hall–Kier alpha value is -1.38. The normalized spacial score (nSPS) is 23.4. The van der Waals surface area contributed by atoms with Crippen LogP contribution in [0.5, 0.6) is 5.75 Å². The van der Waals surface area contributed by atoms with Gasteiger partial charge in [0.05, 0.1) is 0 Å². The van der Waals surface area contributed by atoms with Crippen molar-refractivity contribution in [2.75, 3.05) is 6.61 Å². The zero-order valence-electron chi connectivity index (χ0n) is 13.9. The van der Waals surface area contributed by atoms with Gasteiger partial charge in [0.25, 0.3) is 0 Å². The van der Waals surface area contributed by atoms with Gasteiger partial charge in [-0.15, -0.1) is 0 Å². The number of hydrogen-bond donors (Lipinski definition) is 0. The maximum Gasteiger partial charge on any atom is 0.201 e. The monoisotopic (exact) mass is 320 g/mol. The fourth-order valence-corrected chi connectivity index (χ4v) is 3.97. The van der Waals surface area contributed by atoms with E-state index in [1.165, 1.54) is 25.7 Å². The summed E-state index contributed by atoms with van der Waals surface area (Å²) in [5.74, 6) is -0.526. The summed E-state index contributed by atoms with van der Waals surface area (Å²) in [6.45, 7) is 2.54. The number of rotatable bonds is 5. The maximum absolute atomic E-state index is 14.4. The molecule has 1 aromatic rings. The van der Waals surface area contributed by atoms with E-state index in [1.807, 2.05) is 12.2 Å². The van der Waals surface area contributed by atoms with Crippen LogP contribution in [0.1, 0.15) is 75.3 Å². The van der Waals surface area contributed by atoms with Crippen molar-refractivity contribution in [3.05, 3.63) is 34.9 Å². The number of unbranched alkanes of at least 4 members (excludes halogenated alkanes) is 2. The van der Waals surface area contributed by atoms with E-state index in [9.17, 15) is 8.78 Å². The molecule has 0 atom stereocenters. The first-order valence-electron chi connectivity index (χ1n) is 9.02. The molecule has 1 aliphatic carbocycles. The molecule has 126 valence electrons. The number of benzene rings is 1. The van der Waals surface area contributed by atoms with Gasteiger partial charge in [0.1, 0.15) is 6.61 Å². The lowest BCUT2D eigenvalue weighted by Crippen LogP contribution is -2.16. The van der Waals surface area contributed by atoms with E-state index in [0.717, 1.165) is 31.6 Å². The Morgan fingerprint density at radius 3 is 2.61 bits per heavy atom. The van der Waals surface area contributed by atoms with Crippen molar-refractivity contribution < 1.29 is 13.5 Å². The molecule has 0 N–H and O–H groups in total. The lowest BCUT2D eigenvalue weighted by molar-refractivity contribution is 0.294. The summed E-state index contributed by atoms with van der Waals surface area (Å²) in [5.41, 5.74) is 1.22. The Labute approximate surface area is 137 Å². The first-order valence-corrected chi connectivity index (χ1v) is 9.02.